The second kappa shape index (κ2) is 7.99. The Morgan fingerprint density at radius 3 is 2.52 bits per heavy atom. The first-order chi connectivity index (χ1) is 9.93. The van der Waals surface area contributed by atoms with Crippen LogP contribution in [0.5, 0.6) is 5.75 Å². The molecule has 0 atom stereocenters. The van der Waals surface area contributed by atoms with E-state index in [2.05, 4.69) is 6.58 Å². The molecule has 0 aliphatic rings. The topological polar surface area (TPSA) is 80.7 Å². The van der Waals surface area contributed by atoms with Crippen molar-refractivity contribution in [1.82, 2.24) is 0 Å². The highest BCUT2D eigenvalue weighted by Crippen LogP contribution is 2.19. The van der Waals surface area contributed by atoms with Gasteiger partial charge in [0.2, 0.25) is 0 Å². The Hall–Kier alpha value is -2.43. The Bertz CT molecular complexity index is 560. The minimum atomic E-state index is -1.01. The molecule has 0 amide bonds. The number of esters is 1. The van der Waals surface area contributed by atoms with E-state index in [1.54, 1.807) is 25.1 Å². The lowest BCUT2D eigenvalue weighted by Crippen LogP contribution is -2.09. The van der Waals surface area contributed by atoms with Gasteiger partial charge in [-0.05, 0) is 49.9 Å². The first kappa shape index (κ1) is 16.6. The molecule has 5 nitrogen and oxygen atoms in total. The molecule has 0 aliphatic heterocycles. The molecule has 0 saturated carbocycles. The van der Waals surface area contributed by atoms with Gasteiger partial charge in [0.25, 0.3) is 0 Å². The fourth-order valence-electron chi connectivity index (χ4n) is 1.75. The van der Waals surface area contributed by atoms with Crippen LogP contribution in [0.15, 0.2) is 30.4 Å². The van der Waals surface area contributed by atoms with Crippen LogP contribution in [0.1, 0.15) is 41.6 Å². The van der Waals surface area contributed by atoms with Crippen LogP contribution in [0, 0.1) is 6.92 Å². The van der Waals surface area contributed by atoms with E-state index in [9.17, 15) is 14.4 Å². The number of hydrogen-bond donors (Lipinski definition) is 1. The van der Waals surface area contributed by atoms with Gasteiger partial charge in [0.15, 0.2) is 0 Å². The molecule has 0 bridgehead atoms. The molecule has 112 valence electrons. The van der Waals surface area contributed by atoms with Gasteiger partial charge in [-0.25, -0.2) is 4.79 Å². The number of carboxylic acids is 1. The van der Waals surface area contributed by atoms with Crippen LogP contribution >= 0.6 is 0 Å². The lowest BCUT2D eigenvalue weighted by Gasteiger charge is -2.07. The van der Waals surface area contributed by atoms with Crippen LogP contribution in [0.25, 0.3) is 0 Å². The fraction of sp³-hybridized carbons (Fsp3) is 0.312. The predicted molar refractivity (Wildman–Crippen MR) is 77.4 cm³/mol. The lowest BCUT2D eigenvalue weighted by molar-refractivity contribution is -0.134. The highest BCUT2D eigenvalue weighted by Gasteiger charge is 2.09. The van der Waals surface area contributed by atoms with Crippen molar-refractivity contribution in [3.8, 4) is 5.75 Å². The number of unbranched alkanes of at least 4 members (excludes halogenated alkanes) is 1. The third-order valence-electron chi connectivity index (χ3n) is 2.97. The maximum Gasteiger partial charge on any atom is 0.330 e. The van der Waals surface area contributed by atoms with Crippen molar-refractivity contribution in [1.29, 1.82) is 0 Å². The number of aldehydes is 1. The number of carboxylic acid groups (broad SMARTS) is 1. The molecule has 0 spiro atoms. The van der Waals surface area contributed by atoms with Crippen molar-refractivity contribution in [3.63, 3.8) is 0 Å². The van der Waals surface area contributed by atoms with Crippen LogP contribution in [0.3, 0.4) is 0 Å². The van der Waals surface area contributed by atoms with E-state index in [1.165, 1.54) is 0 Å². The summed E-state index contributed by atoms with van der Waals surface area (Å²) in [6.45, 7) is 5.18. The maximum absolute atomic E-state index is 11.7. The van der Waals surface area contributed by atoms with Gasteiger partial charge in [-0.1, -0.05) is 6.58 Å². The first-order valence-electron chi connectivity index (χ1n) is 6.61. The smallest absolute Gasteiger partial charge is 0.330 e. The molecule has 0 radical (unpaired) electrons. The standard InChI is InChI=1S/C16H18O5/c1-11(16(19)20)5-3-4-6-15(18)21-14-8-7-13(10-17)9-12(14)2/h7-10H,1,3-6H2,2H3,(H,19,20). The van der Waals surface area contributed by atoms with Crippen LogP contribution < -0.4 is 4.74 Å². The SMILES string of the molecule is C=C(CCCCC(=O)Oc1ccc(C=O)cc1C)C(=O)O. The number of carbonyl (C=O) groups is 3. The average molecular weight is 290 g/mol. The monoisotopic (exact) mass is 290 g/mol. The molecule has 21 heavy (non-hydrogen) atoms. The molecule has 1 aromatic carbocycles. The Morgan fingerprint density at radius 1 is 1.29 bits per heavy atom. The fourth-order valence-corrected chi connectivity index (χ4v) is 1.75. The van der Waals surface area contributed by atoms with Gasteiger partial charge < -0.3 is 9.84 Å². The molecule has 5 heteroatoms. The van der Waals surface area contributed by atoms with E-state index in [4.69, 9.17) is 9.84 Å². The van der Waals surface area contributed by atoms with E-state index in [-0.39, 0.29) is 18.0 Å². The number of ether oxygens (including phenoxy) is 1. The summed E-state index contributed by atoms with van der Waals surface area (Å²) in [6, 6.07) is 4.81. The molecule has 0 aliphatic carbocycles. The van der Waals surface area contributed by atoms with Gasteiger partial charge in [0, 0.05) is 17.6 Å². The summed E-state index contributed by atoms with van der Waals surface area (Å²) in [5.74, 6) is -0.957. The molecule has 1 rings (SSSR count). The number of aryl methyl sites for hydroxylation is 1. The van der Waals surface area contributed by atoms with Crippen LogP contribution in [-0.2, 0) is 9.59 Å². The molecule has 0 unspecified atom stereocenters. The van der Waals surface area contributed by atoms with Crippen LogP contribution in [0.4, 0.5) is 0 Å². The van der Waals surface area contributed by atoms with E-state index in [0.717, 1.165) is 6.29 Å². The number of aliphatic carboxylic acids is 1. The summed E-state index contributed by atoms with van der Waals surface area (Å²) in [7, 11) is 0. The summed E-state index contributed by atoms with van der Waals surface area (Å²) < 4.78 is 5.21. The highest BCUT2D eigenvalue weighted by atomic mass is 16.5. The second-order valence-corrected chi connectivity index (χ2v) is 4.73. The summed E-state index contributed by atoms with van der Waals surface area (Å²) >= 11 is 0. The number of rotatable bonds is 8. The molecular formula is C16H18O5. The summed E-state index contributed by atoms with van der Waals surface area (Å²) in [6.07, 6.45) is 2.41. The molecule has 1 N–H and O–H groups in total. The zero-order valence-electron chi connectivity index (χ0n) is 11.9. The Labute approximate surface area is 123 Å². The second-order valence-electron chi connectivity index (χ2n) is 4.73. The van der Waals surface area contributed by atoms with Gasteiger partial charge in [-0.3, -0.25) is 9.59 Å². The van der Waals surface area contributed by atoms with E-state index in [0.29, 0.717) is 36.1 Å². The van der Waals surface area contributed by atoms with Gasteiger partial charge in [0.05, 0.1) is 0 Å². The van der Waals surface area contributed by atoms with Gasteiger partial charge >= 0.3 is 11.9 Å². The molecule has 0 saturated heterocycles. The highest BCUT2D eigenvalue weighted by molar-refractivity contribution is 5.85. The van der Waals surface area contributed by atoms with E-state index >= 15 is 0 Å². The summed E-state index contributed by atoms with van der Waals surface area (Å²) in [5, 5.41) is 8.64. The molecular weight excluding hydrogens is 272 g/mol. The Kier molecular flexibility index (Phi) is 6.33. The number of hydrogen-bond acceptors (Lipinski definition) is 4. The number of benzene rings is 1. The van der Waals surface area contributed by atoms with E-state index in [1.807, 2.05) is 0 Å². The average Bonchev–Trinajstić information content (AvgIpc) is 2.45. The van der Waals surface area contributed by atoms with Crippen LogP contribution in [-0.4, -0.2) is 23.3 Å². The quantitative estimate of drug-likeness (QED) is 0.262. The van der Waals surface area contributed by atoms with Gasteiger partial charge in [-0.15, -0.1) is 0 Å². The normalized spacial score (nSPS) is 9.95. The summed E-state index contributed by atoms with van der Waals surface area (Å²) in [4.78, 5) is 32.8. The van der Waals surface area contributed by atoms with Crippen molar-refractivity contribution in [2.24, 2.45) is 0 Å². The van der Waals surface area contributed by atoms with Crippen molar-refractivity contribution >= 4 is 18.2 Å². The largest absolute Gasteiger partial charge is 0.478 e. The maximum atomic E-state index is 11.7. The first-order valence-corrected chi connectivity index (χ1v) is 6.61. The third kappa shape index (κ3) is 5.60. The zero-order chi connectivity index (χ0) is 15.8. The summed E-state index contributed by atoms with van der Waals surface area (Å²) in [5.41, 5.74) is 1.38. The van der Waals surface area contributed by atoms with Gasteiger partial charge in [-0.2, -0.15) is 0 Å². The molecule has 0 fully saturated rings. The van der Waals surface area contributed by atoms with Crippen LogP contribution in [0.2, 0.25) is 0 Å². The molecule has 0 aromatic heterocycles. The van der Waals surface area contributed by atoms with Crippen molar-refractivity contribution in [3.05, 3.63) is 41.5 Å². The molecule has 1 aromatic rings. The number of carbonyl (C=O) groups excluding carboxylic acids is 2. The minimum absolute atomic E-state index is 0.142. The van der Waals surface area contributed by atoms with E-state index < -0.39 is 5.97 Å². The third-order valence-corrected chi connectivity index (χ3v) is 2.97. The zero-order valence-corrected chi connectivity index (χ0v) is 11.9. The Balaban J connectivity index is 2.39. The lowest BCUT2D eigenvalue weighted by atomic mass is 10.1. The predicted octanol–water partition coefficient (Wildman–Crippen LogP) is 2.91. The van der Waals surface area contributed by atoms with Gasteiger partial charge in [0.1, 0.15) is 12.0 Å². The van der Waals surface area contributed by atoms with Crippen molar-refractivity contribution < 1.29 is 24.2 Å². The van der Waals surface area contributed by atoms with Crippen molar-refractivity contribution in [2.75, 3.05) is 0 Å². The Morgan fingerprint density at radius 2 is 1.95 bits per heavy atom. The molecule has 0 heterocycles. The minimum Gasteiger partial charge on any atom is -0.478 e. The van der Waals surface area contributed by atoms with Crippen molar-refractivity contribution in [2.45, 2.75) is 32.6 Å².